The number of carbonyl (C=O) groups excluding carboxylic acids is 1. The average Bonchev–Trinajstić information content (AvgIpc) is 2.39. The summed E-state index contributed by atoms with van der Waals surface area (Å²) in [6, 6.07) is 0.0579. The van der Waals surface area contributed by atoms with E-state index in [4.69, 9.17) is 5.11 Å². The Bertz CT molecular complexity index is 342. The third-order valence-electron chi connectivity index (χ3n) is 3.41. The summed E-state index contributed by atoms with van der Waals surface area (Å²) >= 11 is 0. The van der Waals surface area contributed by atoms with Crippen LogP contribution in [-0.2, 0) is 4.79 Å². The van der Waals surface area contributed by atoms with Gasteiger partial charge in [0.2, 0.25) is 0 Å². The Kier molecular flexibility index (Phi) is 6.39. The summed E-state index contributed by atoms with van der Waals surface area (Å²) in [5, 5.41) is 11.7. The number of nitrogens with one attached hydrogen (secondary N) is 1. The van der Waals surface area contributed by atoms with E-state index < -0.39 is 5.97 Å². The zero-order valence-corrected chi connectivity index (χ0v) is 11.8. The van der Waals surface area contributed by atoms with Gasteiger partial charge >= 0.3 is 12.0 Å². The Labute approximate surface area is 114 Å². The van der Waals surface area contributed by atoms with Gasteiger partial charge in [-0.1, -0.05) is 25.5 Å². The van der Waals surface area contributed by atoms with Crippen LogP contribution in [0.25, 0.3) is 0 Å². The van der Waals surface area contributed by atoms with Crippen molar-refractivity contribution in [3.05, 3.63) is 12.2 Å². The van der Waals surface area contributed by atoms with Crippen LogP contribution in [0.3, 0.4) is 0 Å². The fourth-order valence-corrected chi connectivity index (χ4v) is 2.05. The quantitative estimate of drug-likeness (QED) is 0.726. The highest BCUT2D eigenvalue weighted by Crippen LogP contribution is 2.10. The van der Waals surface area contributed by atoms with Gasteiger partial charge in [0.15, 0.2) is 0 Å². The van der Waals surface area contributed by atoms with Gasteiger partial charge < -0.3 is 15.3 Å². The van der Waals surface area contributed by atoms with E-state index in [1.54, 1.807) is 11.8 Å². The van der Waals surface area contributed by atoms with Gasteiger partial charge in [-0.05, 0) is 26.2 Å². The third-order valence-corrected chi connectivity index (χ3v) is 3.41. The molecule has 1 aliphatic rings. The van der Waals surface area contributed by atoms with Crippen LogP contribution in [0.1, 0.15) is 39.5 Å². The molecule has 0 saturated carbocycles. The molecule has 2 N–H and O–H groups in total. The van der Waals surface area contributed by atoms with E-state index in [1.165, 1.54) is 0 Å². The first-order valence-electron chi connectivity index (χ1n) is 6.94. The van der Waals surface area contributed by atoms with E-state index in [0.29, 0.717) is 13.0 Å². The summed E-state index contributed by atoms with van der Waals surface area (Å²) in [5.41, 5.74) is 0. The Morgan fingerprint density at radius 2 is 2.05 bits per heavy atom. The lowest BCUT2D eigenvalue weighted by molar-refractivity contribution is -0.141. The summed E-state index contributed by atoms with van der Waals surface area (Å²) in [4.78, 5) is 24.4. The molecule has 0 aromatic rings. The summed E-state index contributed by atoms with van der Waals surface area (Å²) in [7, 11) is 0. The molecule has 2 unspecified atom stereocenters. The standard InChI is InChI=1S/C14H24N2O3/c1-11(13(17)18)7-6-8-12(2)15-14(19)16-9-4-3-5-10-16/h3-4,11-12H,5-10H2,1-2H3,(H,15,19)(H,17,18). The van der Waals surface area contributed by atoms with Crippen LogP contribution in [0, 0.1) is 5.92 Å². The molecule has 2 atom stereocenters. The molecular formula is C14H24N2O3. The van der Waals surface area contributed by atoms with Crippen molar-refractivity contribution in [2.24, 2.45) is 5.92 Å². The van der Waals surface area contributed by atoms with Crippen LogP contribution < -0.4 is 5.32 Å². The van der Waals surface area contributed by atoms with Crippen molar-refractivity contribution >= 4 is 12.0 Å². The van der Waals surface area contributed by atoms with Crippen LogP contribution in [0.15, 0.2) is 12.2 Å². The van der Waals surface area contributed by atoms with Gasteiger partial charge in [0.1, 0.15) is 0 Å². The number of aliphatic carboxylic acids is 1. The first kappa shape index (κ1) is 15.5. The molecule has 108 valence electrons. The first-order chi connectivity index (χ1) is 9.00. The highest BCUT2D eigenvalue weighted by atomic mass is 16.4. The van der Waals surface area contributed by atoms with Crippen LogP contribution >= 0.6 is 0 Å². The Balaban J connectivity index is 2.19. The molecule has 1 aliphatic heterocycles. The van der Waals surface area contributed by atoms with E-state index in [2.05, 4.69) is 11.4 Å². The second-order valence-electron chi connectivity index (χ2n) is 5.23. The summed E-state index contributed by atoms with van der Waals surface area (Å²) < 4.78 is 0. The van der Waals surface area contributed by atoms with Gasteiger partial charge in [-0.25, -0.2) is 4.79 Å². The largest absolute Gasteiger partial charge is 0.481 e. The lowest BCUT2D eigenvalue weighted by Crippen LogP contribution is -2.45. The van der Waals surface area contributed by atoms with Crippen LogP contribution in [0.2, 0.25) is 0 Å². The lowest BCUT2D eigenvalue weighted by Gasteiger charge is -2.25. The molecule has 0 aromatic heterocycles. The molecule has 0 saturated heterocycles. The summed E-state index contributed by atoms with van der Waals surface area (Å²) in [6.07, 6.45) is 7.28. The molecule has 0 bridgehead atoms. The number of carboxylic acids is 1. The van der Waals surface area contributed by atoms with Crippen LogP contribution in [0.5, 0.6) is 0 Å². The SMILES string of the molecule is CC(CCCC(C)C(=O)O)NC(=O)N1CC=CCC1. The van der Waals surface area contributed by atoms with Gasteiger partial charge in [0.05, 0.1) is 5.92 Å². The summed E-state index contributed by atoms with van der Waals surface area (Å²) in [5.74, 6) is -1.06. The van der Waals surface area contributed by atoms with E-state index in [-0.39, 0.29) is 18.0 Å². The minimum Gasteiger partial charge on any atom is -0.481 e. The Morgan fingerprint density at radius 3 is 2.63 bits per heavy atom. The minimum atomic E-state index is -0.753. The van der Waals surface area contributed by atoms with Crippen molar-refractivity contribution in [3.63, 3.8) is 0 Å². The van der Waals surface area contributed by atoms with E-state index in [1.807, 2.05) is 13.0 Å². The minimum absolute atomic E-state index is 0.0249. The first-order valence-corrected chi connectivity index (χ1v) is 6.94. The molecule has 0 fully saturated rings. The van der Waals surface area contributed by atoms with Crippen molar-refractivity contribution in [2.75, 3.05) is 13.1 Å². The van der Waals surface area contributed by atoms with E-state index >= 15 is 0 Å². The number of nitrogens with zero attached hydrogens (tertiary/aromatic N) is 1. The lowest BCUT2D eigenvalue weighted by atomic mass is 10.0. The molecule has 5 nitrogen and oxygen atoms in total. The maximum Gasteiger partial charge on any atom is 0.317 e. The number of urea groups is 1. The molecule has 0 radical (unpaired) electrons. The number of hydrogen-bond donors (Lipinski definition) is 2. The van der Waals surface area contributed by atoms with Gasteiger partial charge in [-0.2, -0.15) is 0 Å². The fraction of sp³-hybridized carbons (Fsp3) is 0.714. The van der Waals surface area contributed by atoms with Gasteiger partial charge in [0, 0.05) is 19.1 Å². The van der Waals surface area contributed by atoms with Crippen molar-refractivity contribution < 1.29 is 14.7 Å². The topological polar surface area (TPSA) is 69.6 Å². The maximum atomic E-state index is 11.9. The van der Waals surface area contributed by atoms with Crippen LogP contribution in [0.4, 0.5) is 4.79 Å². The predicted molar refractivity (Wildman–Crippen MR) is 74.0 cm³/mol. The zero-order chi connectivity index (χ0) is 14.3. The van der Waals surface area contributed by atoms with Crippen LogP contribution in [-0.4, -0.2) is 41.1 Å². The second-order valence-corrected chi connectivity index (χ2v) is 5.23. The number of rotatable bonds is 6. The number of carbonyl (C=O) groups is 2. The molecule has 0 aromatic carbocycles. The highest BCUT2D eigenvalue weighted by molar-refractivity contribution is 5.74. The molecule has 5 heteroatoms. The average molecular weight is 268 g/mol. The fourth-order valence-electron chi connectivity index (χ4n) is 2.05. The van der Waals surface area contributed by atoms with Crippen molar-refractivity contribution in [1.29, 1.82) is 0 Å². The number of amides is 2. The molecule has 2 amide bonds. The monoisotopic (exact) mass is 268 g/mol. The van der Waals surface area contributed by atoms with Crippen molar-refractivity contribution in [1.82, 2.24) is 10.2 Å². The maximum absolute atomic E-state index is 11.9. The van der Waals surface area contributed by atoms with Gasteiger partial charge in [-0.3, -0.25) is 4.79 Å². The Morgan fingerprint density at radius 1 is 1.32 bits per heavy atom. The molecule has 0 spiro atoms. The third kappa shape index (κ3) is 5.77. The highest BCUT2D eigenvalue weighted by Gasteiger charge is 2.16. The van der Waals surface area contributed by atoms with Crippen molar-refractivity contribution in [3.8, 4) is 0 Å². The van der Waals surface area contributed by atoms with E-state index in [0.717, 1.165) is 25.8 Å². The molecule has 1 heterocycles. The van der Waals surface area contributed by atoms with E-state index in [9.17, 15) is 9.59 Å². The Hall–Kier alpha value is -1.52. The molecule has 0 aliphatic carbocycles. The zero-order valence-electron chi connectivity index (χ0n) is 11.8. The second kappa shape index (κ2) is 7.81. The molecule has 19 heavy (non-hydrogen) atoms. The van der Waals surface area contributed by atoms with Gasteiger partial charge in [0.25, 0.3) is 0 Å². The summed E-state index contributed by atoms with van der Waals surface area (Å²) in [6.45, 7) is 5.12. The van der Waals surface area contributed by atoms with Crippen molar-refractivity contribution in [2.45, 2.75) is 45.6 Å². The number of hydrogen-bond acceptors (Lipinski definition) is 2. The number of carboxylic acid groups (broad SMARTS) is 1. The normalized spacial score (nSPS) is 17.9. The molecular weight excluding hydrogens is 244 g/mol. The smallest absolute Gasteiger partial charge is 0.317 e. The molecule has 1 rings (SSSR count). The van der Waals surface area contributed by atoms with Gasteiger partial charge in [-0.15, -0.1) is 0 Å². The predicted octanol–water partition coefficient (Wildman–Crippen LogP) is 2.24.